The number of aliphatic hydroxyl groups excluding tert-OH is 14. The van der Waals surface area contributed by atoms with E-state index in [-0.39, 0.29) is 41.1 Å². The van der Waals surface area contributed by atoms with E-state index in [0.29, 0.717) is 38.5 Å². The molecular weight excluding hydrogens is 989 g/mol. The molecule has 22 heteroatoms. The van der Waals surface area contributed by atoms with Crippen LogP contribution in [0.25, 0.3) is 0 Å². The van der Waals surface area contributed by atoms with Crippen molar-refractivity contribution in [2.24, 2.45) is 45.3 Å². The molecule has 4 saturated carbocycles. The Balaban J connectivity index is 1.01. The van der Waals surface area contributed by atoms with E-state index in [1.807, 2.05) is 20.8 Å². The lowest BCUT2D eigenvalue weighted by Crippen LogP contribution is -2.68. The lowest BCUT2D eigenvalue weighted by atomic mass is 9.35. The van der Waals surface area contributed by atoms with E-state index in [1.54, 1.807) is 0 Å². The molecule has 4 aliphatic carbocycles. The predicted octanol–water partition coefficient (Wildman–Crippen LogP) is -1.56. The van der Waals surface area contributed by atoms with Crippen molar-refractivity contribution in [3.05, 3.63) is 11.6 Å². The fourth-order valence-corrected chi connectivity index (χ4v) is 16.0. The molecule has 0 spiro atoms. The van der Waals surface area contributed by atoms with Gasteiger partial charge in [0.2, 0.25) is 0 Å². The van der Waals surface area contributed by atoms with E-state index in [9.17, 15) is 71.5 Å². The molecule has 14 N–H and O–H groups in total. The highest BCUT2D eigenvalue weighted by Crippen LogP contribution is 2.76. The van der Waals surface area contributed by atoms with Crippen molar-refractivity contribution in [2.75, 3.05) is 26.4 Å². The van der Waals surface area contributed by atoms with Gasteiger partial charge in [-0.2, -0.15) is 0 Å². The topological polar surface area (TPSA) is 357 Å². The molecule has 0 aromatic heterocycles. The van der Waals surface area contributed by atoms with Crippen molar-refractivity contribution in [1.82, 2.24) is 0 Å². The van der Waals surface area contributed by atoms with Crippen LogP contribution in [0.4, 0.5) is 0 Å². The molecule has 75 heavy (non-hydrogen) atoms. The third-order valence-corrected chi connectivity index (χ3v) is 20.5. The van der Waals surface area contributed by atoms with E-state index in [0.717, 1.165) is 24.8 Å². The van der Waals surface area contributed by atoms with Crippen LogP contribution in [0.1, 0.15) is 113 Å². The third kappa shape index (κ3) is 10.6. The maximum absolute atomic E-state index is 12.8. The Labute approximate surface area is 439 Å². The standard InChI is InChI=1S/C53H90O22/c1-23(2)10-9-14-53(8,75-47-43(67)39(63)37(61)29(72-47)22-69-45-41(65)34(58)26(57)21-68-45)24-11-16-52(7)33(24)25(56)18-31-50(5)15-13-32(49(3,4)30(50)12-17-51(31,52)6)73-48-44(40(64)36(60)28(20-55)71-48)74-46-42(66)38(62)35(59)27(19-54)70-46/h10,24-48,54-67H,9,11-22H2,1-8H3/t24-,25+,26-,27+,28+,29+,30-,31+,32-,33-,34-,35+,36+,37+,38-,39+,40-,41+,42+,43+,44+,45-,46-,47-,48-,50-,51+,52+,53-/m0/s1. The number of fused-ring (bicyclic) bond motifs is 5. The number of hydrogen-bond acceptors (Lipinski definition) is 22. The van der Waals surface area contributed by atoms with Crippen LogP contribution in [0.5, 0.6) is 0 Å². The maximum Gasteiger partial charge on any atom is 0.187 e. The second-order valence-corrected chi connectivity index (χ2v) is 25.3. The number of rotatable bonds is 15. The molecule has 4 saturated heterocycles. The molecule has 8 aliphatic rings. The van der Waals surface area contributed by atoms with Crippen LogP contribution in [-0.2, 0) is 37.9 Å². The summed E-state index contributed by atoms with van der Waals surface area (Å²) in [5.74, 6) is -0.395. The van der Waals surface area contributed by atoms with E-state index >= 15 is 0 Å². The number of aliphatic hydroxyl groups is 14. The van der Waals surface area contributed by atoms with Crippen LogP contribution in [0.15, 0.2) is 11.6 Å². The van der Waals surface area contributed by atoms with Gasteiger partial charge < -0.3 is 109 Å². The number of hydrogen-bond donors (Lipinski definition) is 14. The second-order valence-electron chi connectivity index (χ2n) is 25.3. The van der Waals surface area contributed by atoms with Crippen molar-refractivity contribution < 1.29 is 109 Å². The summed E-state index contributed by atoms with van der Waals surface area (Å²) in [5, 5.41) is 151. The van der Waals surface area contributed by atoms with Gasteiger partial charge in [-0.1, -0.05) is 46.3 Å². The van der Waals surface area contributed by atoms with E-state index in [2.05, 4.69) is 40.7 Å². The Morgan fingerprint density at radius 1 is 0.587 bits per heavy atom. The predicted molar refractivity (Wildman–Crippen MR) is 260 cm³/mol. The summed E-state index contributed by atoms with van der Waals surface area (Å²) in [4.78, 5) is 0. The number of allylic oxidation sites excluding steroid dienone is 2. The summed E-state index contributed by atoms with van der Waals surface area (Å²) in [7, 11) is 0. The normalized spacial score (nSPS) is 52.7. The zero-order valence-electron chi connectivity index (χ0n) is 44.7. The van der Waals surface area contributed by atoms with Crippen LogP contribution in [-0.4, -0.2) is 232 Å². The summed E-state index contributed by atoms with van der Waals surface area (Å²) in [6.07, 6.45) is -22.6. The van der Waals surface area contributed by atoms with Crippen LogP contribution in [0, 0.1) is 45.3 Å². The van der Waals surface area contributed by atoms with Crippen molar-refractivity contribution in [1.29, 1.82) is 0 Å². The fourth-order valence-electron chi connectivity index (χ4n) is 16.0. The Morgan fingerprint density at radius 3 is 1.80 bits per heavy atom. The SMILES string of the molecule is CC(C)=CCC[C@](C)(O[C@@H]1O[C@H](CO[C@@H]2OC[C@H](O)[C@H](O)[C@H]2O)[C@@H](O)[C@@H](O)[C@H]1O)[C@H]1CC[C@]2(C)[C@@H]1[C@H](O)C[C@@H]1[C@@]3(C)CC[C@H](O[C@@H]4O[C@H](CO)[C@@H](O)[C@H](O)[C@H]4O[C@@H]4O[C@H](CO)[C@@H](O)[C@H](O)[C@H]4O)C(C)(C)[C@@H]3CC[C@]12C. The number of ether oxygens (including phenoxy) is 8. The van der Waals surface area contributed by atoms with Gasteiger partial charge in [-0.3, -0.25) is 0 Å². The highest BCUT2D eigenvalue weighted by atomic mass is 16.8. The summed E-state index contributed by atoms with van der Waals surface area (Å²) < 4.78 is 48.8. The van der Waals surface area contributed by atoms with Gasteiger partial charge in [0, 0.05) is 0 Å². The van der Waals surface area contributed by atoms with Crippen LogP contribution in [0.3, 0.4) is 0 Å². The minimum atomic E-state index is -1.81. The Kier molecular flexibility index (Phi) is 18.1. The molecule has 0 radical (unpaired) electrons. The molecule has 0 bridgehead atoms. The zero-order valence-corrected chi connectivity index (χ0v) is 44.7. The Bertz CT molecular complexity index is 1940. The highest BCUT2D eigenvalue weighted by Gasteiger charge is 2.72. The molecule has 8 fully saturated rings. The second kappa shape index (κ2) is 22.7. The highest BCUT2D eigenvalue weighted by molar-refractivity contribution is 5.20. The average molecular weight is 1080 g/mol. The lowest BCUT2D eigenvalue weighted by molar-refractivity contribution is -0.378. The molecule has 0 aromatic rings. The van der Waals surface area contributed by atoms with E-state index in [1.165, 1.54) is 0 Å². The van der Waals surface area contributed by atoms with Gasteiger partial charge in [-0.05, 0) is 124 Å². The van der Waals surface area contributed by atoms with Gasteiger partial charge in [0.25, 0.3) is 0 Å². The van der Waals surface area contributed by atoms with Gasteiger partial charge in [-0.25, -0.2) is 0 Å². The first-order valence-electron chi connectivity index (χ1n) is 27.3. The molecule has 434 valence electrons. The maximum atomic E-state index is 12.8. The van der Waals surface area contributed by atoms with Crippen molar-refractivity contribution >= 4 is 0 Å². The fraction of sp³-hybridized carbons (Fsp3) is 0.962. The first-order valence-corrected chi connectivity index (χ1v) is 27.3. The minimum Gasteiger partial charge on any atom is -0.394 e. The van der Waals surface area contributed by atoms with Gasteiger partial charge in [0.05, 0.1) is 44.2 Å². The largest absolute Gasteiger partial charge is 0.394 e. The summed E-state index contributed by atoms with van der Waals surface area (Å²) >= 11 is 0. The van der Waals surface area contributed by atoms with Gasteiger partial charge >= 0.3 is 0 Å². The first-order chi connectivity index (χ1) is 35.1. The minimum absolute atomic E-state index is 0.0508. The molecular formula is C53H90O22. The van der Waals surface area contributed by atoms with Gasteiger partial charge in [0.15, 0.2) is 25.2 Å². The van der Waals surface area contributed by atoms with E-state index in [4.69, 9.17) is 37.9 Å². The summed E-state index contributed by atoms with van der Waals surface area (Å²) in [5.41, 5.74) is -1.48. The first kappa shape index (κ1) is 60.0. The van der Waals surface area contributed by atoms with Crippen LogP contribution < -0.4 is 0 Å². The molecule has 0 unspecified atom stereocenters. The quantitative estimate of drug-likeness (QED) is 0.0651. The molecule has 0 amide bonds. The van der Waals surface area contributed by atoms with Crippen molar-refractivity contribution in [2.45, 2.75) is 248 Å². The smallest absolute Gasteiger partial charge is 0.187 e. The van der Waals surface area contributed by atoms with Crippen LogP contribution in [0.2, 0.25) is 0 Å². The Hall–Kier alpha value is -1.14. The summed E-state index contributed by atoms with van der Waals surface area (Å²) in [6, 6.07) is 0. The zero-order chi connectivity index (χ0) is 55.1. The van der Waals surface area contributed by atoms with E-state index < -0.39 is 165 Å². The van der Waals surface area contributed by atoms with Crippen molar-refractivity contribution in [3.8, 4) is 0 Å². The van der Waals surface area contributed by atoms with Crippen LogP contribution >= 0.6 is 0 Å². The molecule has 4 heterocycles. The van der Waals surface area contributed by atoms with Gasteiger partial charge in [-0.15, -0.1) is 0 Å². The average Bonchev–Trinajstić information content (AvgIpc) is 3.75. The monoisotopic (exact) mass is 1080 g/mol. The molecule has 29 atom stereocenters. The molecule has 8 rings (SSSR count). The molecule has 22 nitrogen and oxygen atoms in total. The van der Waals surface area contributed by atoms with Crippen molar-refractivity contribution in [3.63, 3.8) is 0 Å². The lowest BCUT2D eigenvalue weighted by Gasteiger charge is -2.71. The third-order valence-electron chi connectivity index (χ3n) is 20.5. The molecule has 0 aromatic carbocycles. The Morgan fingerprint density at radius 2 is 1.16 bits per heavy atom. The molecule has 4 aliphatic heterocycles. The summed E-state index contributed by atoms with van der Waals surface area (Å²) in [6.45, 7) is 15.1. The van der Waals surface area contributed by atoms with Gasteiger partial charge in [0.1, 0.15) is 91.6 Å².